The monoisotopic (exact) mass is 133 g/mol. The summed E-state index contributed by atoms with van der Waals surface area (Å²) in [5, 5.41) is 28.7. The predicted octanol–water partition coefficient (Wildman–Crippen LogP) is -1.98. The Kier molecular flexibility index (Phi) is 2.02. The normalized spacial score (nSPS) is 36.0. The fraction of sp³-hybridized carbons (Fsp3) is 1.00. The smallest absolute Gasteiger partial charge is 0.167 e. The van der Waals surface area contributed by atoms with Crippen LogP contribution in [0.2, 0.25) is 0 Å². The van der Waals surface area contributed by atoms with Gasteiger partial charge in [-0.3, -0.25) is 0 Å². The number of nitrogens with one attached hydrogen (secondary N) is 1. The molecule has 0 aromatic carbocycles. The summed E-state index contributed by atoms with van der Waals surface area (Å²) in [5.74, 6) is 0. The second-order valence-electron chi connectivity index (χ2n) is 2.32. The molecular weight excluding hydrogens is 122 g/mol. The van der Waals surface area contributed by atoms with Crippen molar-refractivity contribution in [2.75, 3.05) is 6.54 Å². The van der Waals surface area contributed by atoms with Gasteiger partial charge < -0.3 is 20.6 Å². The van der Waals surface area contributed by atoms with Crippen molar-refractivity contribution in [3.05, 3.63) is 0 Å². The van der Waals surface area contributed by atoms with E-state index in [1.807, 2.05) is 0 Å². The first-order chi connectivity index (χ1) is 4.20. The SMILES string of the molecule is OC(O)C1C[C@@H](O)CN1. The topological polar surface area (TPSA) is 72.7 Å². The zero-order valence-electron chi connectivity index (χ0n) is 4.99. The molecule has 9 heavy (non-hydrogen) atoms. The second kappa shape index (κ2) is 2.62. The van der Waals surface area contributed by atoms with E-state index >= 15 is 0 Å². The van der Waals surface area contributed by atoms with Crippen LogP contribution in [0.1, 0.15) is 6.42 Å². The molecule has 0 radical (unpaired) electrons. The van der Waals surface area contributed by atoms with Crippen molar-refractivity contribution >= 4 is 0 Å². The lowest BCUT2D eigenvalue weighted by atomic mass is 10.2. The van der Waals surface area contributed by atoms with Crippen molar-refractivity contribution in [1.29, 1.82) is 0 Å². The zero-order valence-corrected chi connectivity index (χ0v) is 4.99. The highest BCUT2D eigenvalue weighted by Crippen LogP contribution is 2.07. The van der Waals surface area contributed by atoms with Crippen molar-refractivity contribution < 1.29 is 15.3 Å². The minimum atomic E-state index is -1.35. The van der Waals surface area contributed by atoms with Crippen molar-refractivity contribution in [2.24, 2.45) is 0 Å². The van der Waals surface area contributed by atoms with Gasteiger partial charge in [0.25, 0.3) is 0 Å². The molecular formula is C5H11NO3. The first-order valence-electron chi connectivity index (χ1n) is 2.97. The van der Waals surface area contributed by atoms with E-state index in [0.717, 1.165) is 0 Å². The van der Waals surface area contributed by atoms with Gasteiger partial charge in [0.15, 0.2) is 6.29 Å². The quantitative estimate of drug-likeness (QED) is 0.313. The van der Waals surface area contributed by atoms with E-state index in [0.29, 0.717) is 13.0 Å². The van der Waals surface area contributed by atoms with Crippen molar-refractivity contribution in [1.82, 2.24) is 5.32 Å². The predicted molar refractivity (Wildman–Crippen MR) is 30.6 cm³/mol. The largest absolute Gasteiger partial charge is 0.392 e. The molecule has 1 unspecified atom stereocenters. The maximum absolute atomic E-state index is 8.86. The summed E-state index contributed by atoms with van der Waals surface area (Å²) in [6.07, 6.45) is -1.34. The Bertz CT molecular complexity index is 96.2. The first-order valence-corrected chi connectivity index (χ1v) is 2.97. The molecule has 1 aliphatic heterocycles. The van der Waals surface area contributed by atoms with Crippen LogP contribution in [0.5, 0.6) is 0 Å². The minimum absolute atomic E-state index is 0.347. The van der Waals surface area contributed by atoms with Gasteiger partial charge in [-0.05, 0) is 6.42 Å². The van der Waals surface area contributed by atoms with Gasteiger partial charge in [0, 0.05) is 6.54 Å². The van der Waals surface area contributed by atoms with Gasteiger partial charge in [-0.1, -0.05) is 0 Å². The van der Waals surface area contributed by atoms with E-state index in [-0.39, 0.29) is 6.04 Å². The van der Waals surface area contributed by atoms with Crippen molar-refractivity contribution in [2.45, 2.75) is 24.9 Å². The molecule has 0 bridgehead atoms. The third kappa shape index (κ3) is 1.62. The highest BCUT2D eigenvalue weighted by atomic mass is 16.5. The molecule has 0 aromatic rings. The molecule has 0 aliphatic carbocycles. The summed E-state index contributed by atoms with van der Waals surface area (Å²) in [4.78, 5) is 0. The molecule has 4 heteroatoms. The van der Waals surface area contributed by atoms with Gasteiger partial charge in [-0.2, -0.15) is 0 Å². The lowest BCUT2D eigenvalue weighted by Gasteiger charge is -2.10. The molecule has 1 heterocycles. The number of rotatable bonds is 1. The third-order valence-electron chi connectivity index (χ3n) is 1.50. The molecule has 54 valence electrons. The zero-order chi connectivity index (χ0) is 6.85. The van der Waals surface area contributed by atoms with Crippen LogP contribution in [0.4, 0.5) is 0 Å². The molecule has 4 N–H and O–H groups in total. The number of aliphatic hydroxyl groups is 3. The summed E-state index contributed by atoms with van der Waals surface area (Å²) in [6.45, 7) is 0.461. The van der Waals surface area contributed by atoms with E-state index < -0.39 is 12.4 Å². The van der Waals surface area contributed by atoms with Gasteiger partial charge in [0.2, 0.25) is 0 Å². The highest BCUT2D eigenvalue weighted by molar-refractivity contribution is 4.81. The molecule has 0 spiro atoms. The van der Waals surface area contributed by atoms with Crippen LogP contribution in [-0.4, -0.2) is 40.3 Å². The van der Waals surface area contributed by atoms with Crippen LogP contribution in [-0.2, 0) is 0 Å². The molecule has 1 saturated heterocycles. The Morgan fingerprint density at radius 1 is 1.44 bits per heavy atom. The van der Waals surface area contributed by atoms with Gasteiger partial charge in [-0.15, -0.1) is 0 Å². The van der Waals surface area contributed by atoms with E-state index in [1.54, 1.807) is 0 Å². The van der Waals surface area contributed by atoms with E-state index in [2.05, 4.69) is 5.32 Å². The number of β-amino-alcohol motifs (C(OH)–C–C–N with tert-alkyl or cyclic N) is 1. The lowest BCUT2D eigenvalue weighted by Crippen LogP contribution is -2.34. The third-order valence-corrected chi connectivity index (χ3v) is 1.50. The highest BCUT2D eigenvalue weighted by Gasteiger charge is 2.26. The number of aliphatic hydroxyl groups excluding tert-OH is 2. The van der Waals surface area contributed by atoms with Crippen LogP contribution in [0.15, 0.2) is 0 Å². The number of hydrogen-bond acceptors (Lipinski definition) is 4. The molecule has 0 amide bonds. The van der Waals surface area contributed by atoms with Gasteiger partial charge in [0.05, 0.1) is 12.1 Å². The molecule has 1 fully saturated rings. The fourth-order valence-electron chi connectivity index (χ4n) is 0.974. The summed E-state index contributed by atoms with van der Waals surface area (Å²) in [6, 6.07) is -0.347. The molecule has 0 saturated carbocycles. The average Bonchev–Trinajstić information content (AvgIpc) is 2.14. The van der Waals surface area contributed by atoms with Crippen molar-refractivity contribution in [3.63, 3.8) is 0 Å². The summed E-state index contributed by atoms with van der Waals surface area (Å²) in [5.41, 5.74) is 0. The standard InChI is InChI=1S/C5H11NO3/c7-3-1-4(5(8)9)6-2-3/h3-9H,1-2H2/t3-,4?/m1/s1. The van der Waals surface area contributed by atoms with E-state index in [9.17, 15) is 0 Å². The maximum atomic E-state index is 8.86. The minimum Gasteiger partial charge on any atom is -0.392 e. The van der Waals surface area contributed by atoms with Crippen LogP contribution < -0.4 is 5.32 Å². The summed E-state index contributed by atoms with van der Waals surface area (Å²) >= 11 is 0. The van der Waals surface area contributed by atoms with E-state index in [4.69, 9.17) is 15.3 Å². The van der Waals surface area contributed by atoms with Crippen LogP contribution >= 0.6 is 0 Å². The molecule has 2 atom stereocenters. The fourth-order valence-corrected chi connectivity index (χ4v) is 0.974. The Hall–Kier alpha value is -0.160. The first kappa shape index (κ1) is 6.95. The Morgan fingerprint density at radius 2 is 2.11 bits per heavy atom. The number of hydrogen-bond donors (Lipinski definition) is 4. The Labute approximate surface area is 53.1 Å². The molecule has 0 aromatic heterocycles. The van der Waals surface area contributed by atoms with Crippen molar-refractivity contribution in [3.8, 4) is 0 Å². The lowest BCUT2D eigenvalue weighted by molar-refractivity contribution is -0.0643. The summed E-state index contributed by atoms with van der Waals surface area (Å²) < 4.78 is 0. The maximum Gasteiger partial charge on any atom is 0.167 e. The average molecular weight is 133 g/mol. The Morgan fingerprint density at radius 3 is 2.33 bits per heavy atom. The molecule has 1 rings (SSSR count). The molecule has 1 aliphatic rings. The molecule has 4 nitrogen and oxygen atoms in total. The summed E-state index contributed by atoms with van der Waals surface area (Å²) in [7, 11) is 0. The van der Waals surface area contributed by atoms with Crippen LogP contribution in [0.3, 0.4) is 0 Å². The second-order valence-corrected chi connectivity index (χ2v) is 2.32. The van der Waals surface area contributed by atoms with Crippen LogP contribution in [0.25, 0.3) is 0 Å². The van der Waals surface area contributed by atoms with E-state index in [1.165, 1.54) is 0 Å². The Balaban J connectivity index is 2.30. The van der Waals surface area contributed by atoms with Crippen LogP contribution in [0, 0.1) is 0 Å². The van der Waals surface area contributed by atoms with Gasteiger partial charge in [0.1, 0.15) is 0 Å². The van der Waals surface area contributed by atoms with Gasteiger partial charge >= 0.3 is 0 Å². The van der Waals surface area contributed by atoms with Gasteiger partial charge in [-0.25, -0.2) is 0 Å².